The summed E-state index contributed by atoms with van der Waals surface area (Å²) < 4.78 is 25.3. The fourth-order valence-corrected chi connectivity index (χ4v) is 4.30. The van der Waals surface area contributed by atoms with E-state index < -0.39 is 22.6 Å². The molecule has 0 aromatic heterocycles. The first kappa shape index (κ1) is 28.1. The molecule has 1 heterocycles. The van der Waals surface area contributed by atoms with Crippen molar-refractivity contribution in [2.75, 3.05) is 11.5 Å². The molecule has 0 bridgehead atoms. The Labute approximate surface area is 234 Å². The number of halogens is 1. The van der Waals surface area contributed by atoms with E-state index in [1.165, 1.54) is 42.5 Å². The van der Waals surface area contributed by atoms with Crippen molar-refractivity contribution in [2.24, 2.45) is 0 Å². The van der Waals surface area contributed by atoms with E-state index in [0.717, 1.165) is 4.90 Å². The molecule has 1 N–H and O–H groups in total. The number of thiocarbonyl (C=S) groups is 1. The molecular weight excluding hydrogens is 537 g/mol. The Morgan fingerprint density at radius 3 is 2.42 bits per heavy atom. The molecule has 4 rings (SSSR count). The number of non-ortho nitro benzene ring substituents is 1. The lowest BCUT2D eigenvalue weighted by Gasteiger charge is -2.29. The number of nitrogens with one attached hydrogen (secondary N) is 1. The van der Waals surface area contributed by atoms with Crippen LogP contribution in [-0.4, -0.2) is 28.5 Å². The Kier molecular flexibility index (Phi) is 8.65. The van der Waals surface area contributed by atoms with E-state index in [1.54, 1.807) is 37.3 Å². The molecule has 0 spiro atoms. The van der Waals surface area contributed by atoms with Gasteiger partial charge in [-0.3, -0.25) is 29.9 Å². The maximum atomic E-state index is 13.4. The summed E-state index contributed by atoms with van der Waals surface area (Å²) in [5.41, 5.74) is 2.00. The summed E-state index contributed by atoms with van der Waals surface area (Å²) in [7, 11) is 0. The van der Waals surface area contributed by atoms with Gasteiger partial charge in [0.05, 0.1) is 17.2 Å². The normalized spacial score (nSPS) is 14.2. The van der Waals surface area contributed by atoms with E-state index in [0.29, 0.717) is 46.9 Å². The summed E-state index contributed by atoms with van der Waals surface area (Å²) in [4.78, 5) is 37.7. The van der Waals surface area contributed by atoms with Gasteiger partial charge >= 0.3 is 0 Å². The summed E-state index contributed by atoms with van der Waals surface area (Å²) in [6.45, 7) is 6.04. The minimum Gasteiger partial charge on any atom is -0.490 e. The van der Waals surface area contributed by atoms with Crippen molar-refractivity contribution >= 4 is 46.6 Å². The molecule has 1 aliphatic rings. The number of rotatable bonds is 10. The van der Waals surface area contributed by atoms with Crippen molar-refractivity contribution in [1.82, 2.24) is 5.32 Å². The molecule has 0 atom stereocenters. The van der Waals surface area contributed by atoms with Gasteiger partial charge in [0.1, 0.15) is 18.0 Å². The third-order valence-electron chi connectivity index (χ3n) is 5.85. The molecule has 0 radical (unpaired) electrons. The van der Waals surface area contributed by atoms with Crippen LogP contribution in [0.4, 0.5) is 15.8 Å². The molecule has 1 saturated heterocycles. The quantitative estimate of drug-likeness (QED) is 0.0896. The van der Waals surface area contributed by atoms with Crippen LogP contribution in [0.3, 0.4) is 0 Å². The summed E-state index contributed by atoms with van der Waals surface area (Å²) in [5, 5.41) is 13.3. The molecule has 1 fully saturated rings. The monoisotopic (exact) mass is 561 g/mol. The van der Waals surface area contributed by atoms with Crippen LogP contribution in [0, 0.1) is 15.9 Å². The number of amides is 2. The summed E-state index contributed by atoms with van der Waals surface area (Å²) >= 11 is 5.20. The van der Waals surface area contributed by atoms with E-state index in [4.69, 9.17) is 21.7 Å². The Balaban J connectivity index is 1.69. The lowest BCUT2D eigenvalue weighted by Crippen LogP contribution is -2.54. The van der Waals surface area contributed by atoms with Gasteiger partial charge in [0.25, 0.3) is 17.5 Å². The van der Waals surface area contributed by atoms with Crippen molar-refractivity contribution < 1.29 is 28.4 Å². The van der Waals surface area contributed by atoms with Gasteiger partial charge in [-0.1, -0.05) is 6.08 Å². The standard InChI is InChI=1S/C29H24FN3O6S/c1-3-5-20-14-19(15-24-27(34)31-29(40)32(28(24)35)22-12-8-21(30)9-13-22)16-25(38-4-2)26(20)39-17-18-6-10-23(11-7-18)33(36)37/h3,6-16H,1,4-5,17H2,2H3,(H,31,34,40)/b24-15-. The zero-order valence-corrected chi connectivity index (χ0v) is 22.2. The first-order valence-electron chi connectivity index (χ1n) is 12.2. The highest BCUT2D eigenvalue weighted by Gasteiger charge is 2.34. The summed E-state index contributed by atoms with van der Waals surface area (Å²) in [6, 6.07) is 14.6. The molecule has 3 aromatic rings. The number of anilines is 1. The molecule has 9 nitrogen and oxygen atoms in total. The topological polar surface area (TPSA) is 111 Å². The molecule has 204 valence electrons. The average molecular weight is 562 g/mol. The zero-order valence-electron chi connectivity index (χ0n) is 21.4. The van der Waals surface area contributed by atoms with Crippen LogP contribution < -0.4 is 19.7 Å². The van der Waals surface area contributed by atoms with Crippen LogP contribution in [0.25, 0.3) is 6.08 Å². The lowest BCUT2D eigenvalue weighted by molar-refractivity contribution is -0.384. The van der Waals surface area contributed by atoms with Crippen LogP contribution in [0.15, 0.2) is 78.9 Å². The summed E-state index contributed by atoms with van der Waals surface area (Å²) in [6.07, 6.45) is 3.48. The fraction of sp³-hybridized carbons (Fsp3) is 0.138. The maximum Gasteiger partial charge on any atom is 0.270 e. The van der Waals surface area contributed by atoms with Gasteiger partial charge in [-0.05, 0) is 91.3 Å². The Hall–Kier alpha value is -4.90. The lowest BCUT2D eigenvalue weighted by atomic mass is 10.0. The van der Waals surface area contributed by atoms with Gasteiger partial charge in [0.2, 0.25) is 0 Å². The number of nitrogens with zero attached hydrogens (tertiary/aromatic N) is 2. The van der Waals surface area contributed by atoms with Crippen molar-refractivity contribution in [3.8, 4) is 11.5 Å². The zero-order chi connectivity index (χ0) is 28.8. The second-order valence-electron chi connectivity index (χ2n) is 8.58. The Morgan fingerprint density at radius 2 is 1.80 bits per heavy atom. The molecule has 3 aromatic carbocycles. The Morgan fingerprint density at radius 1 is 1.10 bits per heavy atom. The highest BCUT2D eigenvalue weighted by atomic mass is 32.1. The van der Waals surface area contributed by atoms with Crippen molar-refractivity contribution in [3.63, 3.8) is 0 Å². The molecule has 40 heavy (non-hydrogen) atoms. The second kappa shape index (κ2) is 12.3. The molecule has 1 aliphatic heterocycles. The van der Waals surface area contributed by atoms with Crippen LogP contribution in [0.1, 0.15) is 23.6 Å². The van der Waals surface area contributed by atoms with Crippen molar-refractivity contribution in [3.05, 3.63) is 112 Å². The SMILES string of the molecule is C=CCc1cc(/C=C2/C(=O)NC(=S)N(c3ccc(F)cc3)C2=O)cc(OCC)c1OCc1ccc([N+](=O)[O-])cc1. The van der Waals surface area contributed by atoms with Gasteiger partial charge in [-0.15, -0.1) is 6.58 Å². The molecule has 11 heteroatoms. The highest BCUT2D eigenvalue weighted by Crippen LogP contribution is 2.36. The van der Waals surface area contributed by atoms with Crippen LogP contribution in [0.2, 0.25) is 0 Å². The number of ether oxygens (including phenoxy) is 2. The maximum absolute atomic E-state index is 13.4. The second-order valence-corrected chi connectivity index (χ2v) is 8.97. The van der Waals surface area contributed by atoms with Crippen LogP contribution >= 0.6 is 12.2 Å². The number of carbonyl (C=O) groups excluding carboxylic acids is 2. The number of hydrogen-bond donors (Lipinski definition) is 1. The number of hydrogen-bond acceptors (Lipinski definition) is 7. The van der Waals surface area contributed by atoms with E-state index in [2.05, 4.69) is 11.9 Å². The van der Waals surface area contributed by atoms with E-state index in [1.807, 2.05) is 0 Å². The fourth-order valence-electron chi connectivity index (χ4n) is 4.02. The predicted molar refractivity (Wildman–Crippen MR) is 152 cm³/mol. The number of nitro groups is 1. The molecule has 2 amide bonds. The Bertz CT molecular complexity index is 1520. The minimum absolute atomic E-state index is 0.0245. The largest absolute Gasteiger partial charge is 0.490 e. The third kappa shape index (κ3) is 6.21. The summed E-state index contributed by atoms with van der Waals surface area (Å²) in [5.74, 6) is -0.994. The van der Waals surface area contributed by atoms with Gasteiger partial charge < -0.3 is 9.47 Å². The van der Waals surface area contributed by atoms with E-state index >= 15 is 0 Å². The van der Waals surface area contributed by atoms with Gasteiger partial charge in [-0.2, -0.15) is 0 Å². The van der Waals surface area contributed by atoms with Gasteiger partial charge in [0, 0.05) is 17.7 Å². The first-order chi connectivity index (χ1) is 19.2. The van der Waals surface area contributed by atoms with E-state index in [9.17, 15) is 24.1 Å². The number of carbonyl (C=O) groups is 2. The van der Waals surface area contributed by atoms with Crippen LogP contribution in [0.5, 0.6) is 11.5 Å². The highest BCUT2D eigenvalue weighted by molar-refractivity contribution is 7.80. The average Bonchev–Trinajstić information content (AvgIpc) is 2.92. The number of nitro benzene ring substituents is 1. The van der Waals surface area contributed by atoms with Crippen molar-refractivity contribution in [1.29, 1.82) is 0 Å². The van der Waals surface area contributed by atoms with Gasteiger partial charge in [-0.25, -0.2) is 4.39 Å². The van der Waals surface area contributed by atoms with Crippen LogP contribution in [-0.2, 0) is 22.6 Å². The molecule has 0 aliphatic carbocycles. The van der Waals surface area contributed by atoms with Gasteiger partial charge in [0.15, 0.2) is 16.6 Å². The number of benzene rings is 3. The minimum atomic E-state index is -0.671. The third-order valence-corrected chi connectivity index (χ3v) is 6.13. The molecule has 0 unspecified atom stereocenters. The predicted octanol–water partition coefficient (Wildman–Crippen LogP) is 5.27. The smallest absolute Gasteiger partial charge is 0.270 e. The van der Waals surface area contributed by atoms with Crippen molar-refractivity contribution in [2.45, 2.75) is 20.0 Å². The first-order valence-corrected chi connectivity index (χ1v) is 12.6. The molecular formula is C29H24FN3O6S. The molecule has 0 saturated carbocycles. The number of allylic oxidation sites excluding steroid dienone is 1. The van der Waals surface area contributed by atoms with E-state index in [-0.39, 0.29) is 23.0 Å².